The monoisotopic (exact) mass is 440 g/mol. The van der Waals surface area contributed by atoms with Crippen molar-refractivity contribution in [1.82, 2.24) is 10.3 Å². The van der Waals surface area contributed by atoms with Crippen LogP contribution in [0, 0.1) is 0 Å². The summed E-state index contributed by atoms with van der Waals surface area (Å²) in [6, 6.07) is 13.8. The van der Waals surface area contributed by atoms with Gasteiger partial charge in [-0.1, -0.05) is 43.7 Å². The molecule has 6 heteroatoms. The van der Waals surface area contributed by atoms with E-state index in [1.54, 1.807) is 6.20 Å². The zero-order chi connectivity index (χ0) is 16.3. The van der Waals surface area contributed by atoms with Gasteiger partial charge in [-0.2, -0.15) is 0 Å². The predicted molar refractivity (Wildman–Crippen MR) is 109 cm³/mol. The van der Waals surface area contributed by atoms with Crippen molar-refractivity contribution in [2.45, 2.75) is 32.9 Å². The van der Waals surface area contributed by atoms with E-state index in [2.05, 4.69) is 22.2 Å². The molecule has 0 aliphatic carbocycles. The van der Waals surface area contributed by atoms with E-state index in [0.29, 0.717) is 25.0 Å². The lowest BCUT2D eigenvalue weighted by Crippen LogP contribution is -2.32. The lowest BCUT2D eigenvalue weighted by molar-refractivity contribution is 0.293. The number of nitrogens with one attached hydrogen (secondary N) is 1. The maximum Gasteiger partial charge on any atom is 0.213 e. The van der Waals surface area contributed by atoms with Crippen LogP contribution >= 0.6 is 24.0 Å². The zero-order valence-electron chi connectivity index (χ0n) is 13.9. The van der Waals surface area contributed by atoms with Gasteiger partial charge in [0.1, 0.15) is 6.61 Å². The average molecular weight is 440 g/mol. The van der Waals surface area contributed by atoms with E-state index in [1.807, 2.05) is 42.5 Å². The van der Waals surface area contributed by atoms with Crippen LogP contribution in [0.25, 0.3) is 0 Å². The first-order chi connectivity index (χ1) is 11.3. The first kappa shape index (κ1) is 20.2. The van der Waals surface area contributed by atoms with E-state index in [9.17, 15) is 0 Å². The smallest absolute Gasteiger partial charge is 0.213 e. The third kappa shape index (κ3) is 7.63. The van der Waals surface area contributed by atoms with E-state index < -0.39 is 0 Å². The van der Waals surface area contributed by atoms with Crippen molar-refractivity contribution in [2.75, 3.05) is 6.54 Å². The Morgan fingerprint density at radius 2 is 2.00 bits per heavy atom. The molecule has 3 N–H and O–H groups in total. The van der Waals surface area contributed by atoms with E-state index in [4.69, 9.17) is 10.5 Å². The van der Waals surface area contributed by atoms with E-state index in [1.165, 1.54) is 0 Å². The van der Waals surface area contributed by atoms with Crippen LogP contribution in [0.3, 0.4) is 0 Å². The molecule has 0 saturated carbocycles. The lowest BCUT2D eigenvalue weighted by atomic mass is 10.2. The summed E-state index contributed by atoms with van der Waals surface area (Å²) < 4.78 is 5.71. The molecule has 5 nitrogen and oxygen atoms in total. The highest BCUT2D eigenvalue weighted by atomic mass is 127. The second-order valence-electron chi connectivity index (χ2n) is 5.26. The number of nitrogens with zero attached hydrogens (tertiary/aromatic N) is 2. The van der Waals surface area contributed by atoms with Gasteiger partial charge in [-0.05, 0) is 23.6 Å². The van der Waals surface area contributed by atoms with Crippen LogP contribution in [-0.2, 0) is 13.2 Å². The van der Waals surface area contributed by atoms with Crippen LogP contribution in [0.15, 0.2) is 53.7 Å². The summed E-state index contributed by atoms with van der Waals surface area (Å²) in [6.07, 6.45) is 3.95. The number of hydrogen-bond acceptors (Lipinski definition) is 3. The van der Waals surface area contributed by atoms with Gasteiger partial charge >= 0.3 is 0 Å². The van der Waals surface area contributed by atoms with Crippen molar-refractivity contribution in [2.24, 2.45) is 10.7 Å². The molecule has 0 unspecified atom stereocenters. The van der Waals surface area contributed by atoms with E-state index in [-0.39, 0.29) is 24.0 Å². The maximum absolute atomic E-state index is 5.83. The number of aromatic nitrogens is 1. The fraction of sp³-hybridized carbons (Fsp3) is 0.333. The molecule has 0 saturated heterocycles. The molecule has 0 atom stereocenters. The fourth-order valence-electron chi connectivity index (χ4n) is 1.98. The minimum absolute atomic E-state index is 0. The van der Waals surface area contributed by atoms with Crippen LogP contribution in [0.2, 0.25) is 0 Å². The quantitative estimate of drug-likeness (QED) is 0.285. The Morgan fingerprint density at radius 3 is 2.75 bits per heavy atom. The highest BCUT2D eigenvalue weighted by molar-refractivity contribution is 14.0. The number of hydrogen-bond donors (Lipinski definition) is 2. The number of rotatable bonds is 8. The fourth-order valence-corrected chi connectivity index (χ4v) is 1.98. The van der Waals surface area contributed by atoms with Gasteiger partial charge in [0.25, 0.3) is 0 Å². The predicted octanol–water partition coefficient (Wildman–Crippen LogP) is 3.48. The second kappa shape index (κ2) is 11.7. The third-order valence-corrected chi connectivity index (χ3v) is 3.30. The number of aliphatic imine (C=N–C) groups is 1. The Bertz CT molecular complexity index is 619. The Balaban J connectivity index is 0.00000288. The summed E-state index contributed by atoms with van der Waals surface area (Å²) in [5.41, 5.74) is 7.96. The van der Waals surface area contributed by atoms with Gasteiger partial charge in [-0.3, -0.25) is 0 Å². The van der Waals surface area contributed by atoms with Crippen LogP contribution in [0.5, 0.6) is 5.88 Å². The van der Waals surface area contributed by atoms with Crippen molar-refractivity contribution in [3.8, 4) is 5.88 Å². The summed E-state index contributed by atoms with van der Waals surface area (Å²) >= 11 is 0. The molecule has 0 spiro atoms. The minimum atomic E-state index is 0. The number of benzene rings is 1. The second-order valence-corrected chi connectivity index (χ2v) is 5.26. The summed E-state index contributed by atoms with van der Waals surface area (Å²) in [7, 11) is 0. The Hall–Kier alpha value is -1.83. The van der Waals surface area contributed by atoms with Crippen LogP contribution < -0.4 is 15.8 Å². The summed E-state index contributed by atoms with van der Waals surface area (Å²) in [5, 5.41) is 3.10. The van der Waals surface area contributed by atoms with Gasteiger partial charge in [0.15, 0.2) is 5.96 Å². The molecular formula is C18H25IN4O. The standard InChI is InChI=1S/C18H24N4O.HI/c1-2-3-10-21-18(19)22-13-16-9-11-20-17(12-16)23-14-15-7-5-4-6-8-15;/h4-9,11-12H,2-3,10,13-14H2,1H3,(H3,19,21,22);1H. The molecule has 1 aromatic carbocycles. The lowest BCUT2D eigenvalue weighted by Gasteiger charge is -2.07. The largest absolute Gasteiger partial charge is 0.473 e. The number of pyridine rings is 1. The molecule has 130 valence electrons. The molecule has 0 aliphatic rings. The summed E-state index contributed by atoms with van der Waals surface area (Å²) in [6.45, 7) is 4.01. The van der Waals surface area contributed by atoms with Crippen molar-refractivity contribution in [3.05, 3.63) is 59.8 Å². The first-order valence-corrected chi connectivity index (χ1v) is 7.93. The number of guanidine groups is 1. The number of nitrogens with two attached hydrogens (primary N) is 1. The molecule has 2 aromatic rings. The number of halogens is 1. The van der Waals surface area contributed by atoms with Gasteiger partial charge in [0.2, 0.25) is 5.88 Å². The molecule has 2 rings (SSSR count). The summed E-state index contributed by atoms with van der Waals surface area (Å²) in [5.74, 6) is 1.07. The molecule has 0 amide bonds. The van der Waals surface area contributed by atoms with Gasteiger partial charge in [0.05, 0.1) is 6.54 Å². The molecule has 1 aromatic heterocycles. The Labute approximate surface area is 160 Å². The topological polar surface area (TPSA) is 72.5 Å². The Kier molecular flexibility index (Phi) is 9.83. The molecule has 24 heavy (non-hydrogen) atoms. The van der Waals surface area contributed by atoms with Crippen LogP contribution in [0.4, 0.5) is 0 Å². The van der Waals surface area contributed by atoms with Gasteiger partial charge in [0, 0.05) is 18.8 Å². The minimum Gasteiger partial charge on any atom is -0.473 e. The van der Waals surface area contributed by atoms with Crippen LogP contribution in [0.1, 0.15) is 30.9 Å². The number of unbranched alkanes of at least 4 members (excludes halogenated alkanes) is 1. The highest BCUT2D eigenvalue weighted by Crippen LogP contribution is 2.12. The Morgan fingerprint density at radius 1 is 1.21 bits per heavy atom. The molecule has 0 aliphatic heterocycles. The van der Waals surface area contributed by atoms with E-state index >= 15 is 0 Å². The molecule has 1 heterocycles. The molecule has 0 bridgehead atoms. The average Bonchev–Trinajstić information content (AvgIpc) is 2.60. The van der Waals surface area contributed by atoms with Gasteiger partial charge < -0.3 is 15.8 Å². The van der Waals surface area contributed by atoms with Crippen molar-refractivity contribution in [1.29, 1.82) is 0 Å². The molecule has 0 radical (unpaired) electrons. The number of ether oxygens (including phenoxy) is 1. The van der Waals surface area contributed by atoms with Crippen LogP contribution in [-0.4, -0.2) is 17.5 Å². The van der Waals surface area contributed by atoms with Crippen molar-refractivity contribution >= 4 is 29.9 Å². The van der Waals surface area contributed by atoms with Gasteiger partial charge in [-0.15, -0.1) is 24.0 Å². The maximum atomic E-state index is 5.83. The van der Waals surface area contributed by atoms with Crippen molar-refractivity contribution < 1.29 is 4.74 Å². The zero-order valence-corrected chi connectivity index (χ0v) is 16.3. The third-order valence-electron chi connectivity index (χ3n) is 3.30. The SMILES string of the molecule is CCCCNC(N)=NCc1ccnc(OCc2ccccc2)c1.I. The molecule has 0 fully saturated rings. The van der Waals surface area contributed by atoms with Gasteiger partial charge in [-0.25, -0.2) is 9.98 Å². The highest BCUT2D eigenvalue weighted by Gasteiger charge is 2.00. The van der Waals surface area contributed by atoms with Crippen molar-refractivity contribution in [3.63, 3.8) is 0 Å². The van der Waals surface area contributed by atoms with E-state index in [0.717, 1.165) is 30.5 Å². The normalized spacial score (nSPS) is 10.8. The molecular weight excluding hydrogens is 415 g/mol. The first-order valence-electron chi connectivity index (χ1n) is 7.93. The summed E-state index contributed by atoms with van der Waals surface area (Å²) in [4.78, 5) is 8.55.